The van der Waals surface area contributed by atoms with Crippen molar-refractivity contribution in [2.75, 3.05) is 13.2 Å². The Morgan fingerprint density at radius 2 is 2.22 bits per heavy atom. The van der Waals surface area contributed by atoms with Crippen molar-refractivity contribution in [3.05, 3.63) is 35.9 Å². The van der Waals surface area contributed by atoms with Gasteiger partial charge >= 0.3 is 17.5 Å². The number of ether oxygens (including phenoxy) is 1. The fraction of sp³-hybridized carbons (Fsp3) is 0.364. The number of rotatable bonds is 4. The van der Waals surface area contributed by atoms with Crippen molar-refractivity contribution in [3.8, 4) is 0 Å². The fourth-order valence-corrected chi connectivity index (χ4v) is 2.03. The van der Waals surface area contributed by atoms with E-state index in [1.165, 1.54) is 0 Å². The van der Waals surface area contributed by atoms with Crippen LogP contribution >= 0.6 is 0 Å². The number of carbonyl (C=O) groups excluding carboxylic acids is 1. The number of nitrogens with one attached hydrogen (secondary N) is 1. The van der Waals surface area contributed by atoms with Crippen LogP contribution in [0.5, 0.6) is 0 Å². The van der Waals surface area contributed by atoms with Crippen LogP contribution in [0, 0.1) is 0 Å². The predicted molar refractivity (Wildman–Crippen MR) is 63.6 cm³/mol. The molecule has 0 aliphatic carbocycles. The largest absolute Gasteiger partial charge is 0.445 e. The predicted octanol–water partition coefficient (Wildman–Crippen LogP) is 0.907. The van der Waals surface area contributed by atoms with Crippen LogP contribution in [-0.2, 0) is 31.1 Å². The number of hydrogen-bond donors (Lipinski definition) is 1. The van der Waals surface area contributed by atoms with E-state index in [9.17, 15) is 9.00 Å². The maximum absolute atomic E-state index is 11.3. The van der Waals surface area contributed by atoms with Crippen LogP contribution < -0.4 is 5.32 Å². The zero-order valence-electron chi connectivity index (χ0n) is 9.53. The standard InChI is InChI=1S/C11H13NO5S/c13-11(12-6-10-8-16-18(14)17-10)15-7-9-4-2-1-3-5-9/h1-5,10H,6-8H2,(H,12,13)/t10?,18-/m0/s1. The third kappa shape index (κ3) is 4.10. The van der Waals surface area contributed by atoms with E-state index in [2.05, 4.69) is 9.50 Å². The number of benzene rings is 1. The van der Waals surface area contributed by atoms with Crippen molar-refractivity contribution in [2.45, 2.75) is 12.7 Å². The van der Waals surface area contributed by atoms with Gasteiger partial charge in [0.05, 0.1) is 13.2 Å². The van der Waals surface area contributed by atoms with Crippen LogP contribution in [0.25, 0.3) is 0 Å². The molecule has 1 aromatic carbocycles. The lowest BCUT2D eigenvalue weighted by atomic mass is 10.2. The molecule has 7 heteroatoms. The summed E-state index contributed by atoms with van der Waals surface area (Å²) >= 11 is -1.69. The Balaban J connectivity index is 1.65. The van der Waals surface area contributed by atoms with Crippen molar-refractivity contribution in [3.63, 3.8) is 0 Å². The summed E-state index contributed by atoms with van der Waals surface area (Å²) in [5, 5.41) is 2.51. The molecule has 1 saturated heterocycles. The van der Waals surface area contributed by atoms with Gasteiger partial charge < -0.3 is 10.1 Å². The Hall–Kier alpha value is -1.44. The van der Waals surface area contributed by atoms with Crippen molar-refractivity contribution < 1.29 is 22.1 Å². The number of carbonyl (C=O) groups is 1. The zero-order chi connectivity index (χ0) is 12.8. The topological polar surface area (TPSA) is 73.9 Å². The Kier molecular flexibility index (Phi) is 4.68. The number of hydrogen-bond acceptors (Lipinski definition) is 5. The van der Waals surface area contributed by atoms with Gasteiger partial charge in [-0.3, -0.25) is 8.37 Å². The second kappa shape index (κ2) is 6.48. The van der Waals surface area contributed by atoms with E-state index in [1.807, 2.05) is 30.3 Å². The molecule has 0 saturated carbocycles. The molecule has 18 heavy (non-hydrogen) atoms. The molecule has 98 valence electrons. The maximum atomic E-state index is 11.3. The quantitative estimate of drug-likeness (QED) is 0.881. The molecule has 1 unspecified atom stereocenters. The minimum Gasteiger partial charge on any atom is -0.445 e. The van der Waals surface area contributed by atoms with Gasteiger partial charge in [0.15, 0.2) is 0 Å². The first-order valence-corrected chi connectivity index (χ1v) is 6.41. The van der Waals surface area contributed by atoms with Gasteiger partial charge in [-0.1, -0.05) is 30.3 Å². The molecule has 0 aromatic heterocycles. The number of amides is 1. The highest BCUT2D eigenvalue weighted by Gasteiger charge is 2.23. The molecule has 2 rings (SSSR count). The molecule has 2 atom stereocenters. The first-order chi connectivity index (χ1) is 8.74. The van der Waals surface area contributed by atoms with E-state index >= 15 is 0 Å². The first kappa shape index (κ1) is 13.0. The van der Waals surface area contributed by atoms with Crippen LogP contribution in [-0.4, -0.2) is 29.6 Å². The molecule has 0 radical (unpaired) electrons. The summed E-state index contributed by atoms with van der Waals surface area (Å²) in [7, 11) is 0. The molecule has 1 fully saturated rings. The summed E-state index contributed by atoms with van der Waals surface area (Å²) in [5.41, 5.74) is 0.911. The molecule has 0 spiro atoms. The van der Waals surface area contributed by atoms with Gasteiger partial charge in [-0.25, -0.2) is 4.79 Å². The Morgan fingerprint density at radius 3 is 2.89 bits per heavy atom. The SMILES string of the molecule is O=C(NCC1CO[S@](=O)O1)OCc1ccccc1. The van der Waals surface area contributed by atoms with E-state index in [0.29, 0.717) is 0 Å². The lowest BCUT2D eigenvalue weighted by Gasteiger charge is -2.09. The summed E-state index contributed by atoms with van der Waals surface area (Å²) in [6, 6.07) is 9.36. The Labute approximate surface area is 107 Å². The van der Waals surface area contributed by atoms with Crippen LogP contribution in [0.3, 0.4) is 0 Å². The van der Waals surface area contributed by atoms with Crippen molar-refractivity contribution in [1.82, 2.24) is 5.32 Å². The van der Waals surface area contributed by atoms with E-state index in [-0.39, 0.29) is 19.8 Å². The minimum atomic E-state index is -1.69. The third-order valence-electron chi connectivity index (χ3n) is 2.25. The van der Waals surface area contributed by atoms with Crippen molar-refractivity contribution >= 4 is 17.5 Å². The van der Waals surface area contributed by atoms with Crippen molar-refractivity contribution in [1.29, 1.82) is 0 Å². The summed E-state index contributed by atoms with van der Waals surface area (Å²) in [4.78, 5) is 11.3. The highest BCUT2D eigenvalue weighted by atomic mass is 32.2. The lowest BCUT2D eigenvalue weighted by molar-refractivity contribution is 0.133. The molecule has 6 nitrogen and oxygen atoms in total. The molecule has 0 bridgehead atoms. The van der Waals surface area contributed by atoms with Gasteiger partial charge in [0.2, 0.25) is 0 Å². The van der Waals surface area contributed by atoms with E-state index in [0.717, 1.165) is 5.56 Å². The van der Waals surface area contributed by atoms with E-state index in [4.69, 9.17) is 8.92 Å². The number of alkyl carbamates (subject to hydrolysis) is 1. The Morgan fingerprint density at radius 1 is 1.44 bits per heavy atom. The zero-order valence-corrected chi connectivity index (χ0v) is 10.4. The third-order valence-corrected chi connectivity index (χ3v) is 3.01. The smallest absolute Gasteiger partial charge is 0.407 e. The minimum absolute atomic E-state index is 0.200. The Bertz CT molecular complexity index is 425. The van der Waals surface area contributed by atoms with Gasteiger partial charge in [0, 0.05) is 0 Å². The van der Waals surface area contributed by atoms with E-state index in [1.54, 1.807) is 0 Å². The van der Waals surface area contributed by atoms with Crippen LogP contribution in [0.1, 0.15) is 5.56 Å². The average molecular weight is 271 g/mol. The fourth-order valence-electron chi connectivity index (χ4n) is 1.36. The molecule has 1 amide bonds. The normalized spacial score (nSPS) is 22.7. The monoisotopic (exact) mass is 271 g/mol. The average Bonchev–Trinajstić information content (AvgIpc) is 2.81. The molecule has 1 aliphatic rings. The van der Waals surface area contributed by atoms with Gasteiger partial charge in [0.1, 0.15) is 12.7 Å². The maximum Gasteiger partial charge on any atom is 0.407 e. The molecule has 1 aromatic rings. The molecule has 1 heterocycles. The van der Waals surface area contributed by atoms with Gasteiger partial charge in [-0.2, -0.15) is 4.21 Å². The van der Waals surface area contributed by atoms with Gasteiger partial charge in [0.25, 0.3) is 0 Å². The lowest BCUT2D eigenvalue weighted by Crippen LogP contribution is -2.33. The van der Waals surface area contributed by atoms with Crippen LogP contribution in [0.2, 0.25) is 0 Å². The summed E-state index contributed by atoms with van der Waals surface area (Å²) in [5.74, 6) is 0. The second-order valence-corrected chi connectivity index (χ2v) is 4.49. The summed E-state index contributed by atoms with van der Waals surface area (Å²) in [6.45, 7) is 0.617. The van der Waals surface area contributed by atoms with Crippen molar-refractivity contribution in [2.24, 2.45) is 0 Å². The molecular formula is C11H13NO5S. The van der Waals surface area contributed by atoms with Crippen LogP contribution in [0.15, 0.2) is 30.3 Å². The van der Waals surface area contributed by atoms with Gasteiger partial charge in [-0.05, 0) is 5.56 Å². The highest BCUT2D eigenvalue weighted by Crippen LogP contribution is 2.07. The summed E-state index contributed by atoms with van der Waals surface area (Å²) in [6.07, 6.45) is -0.935. The molecule has 1 N–H and O–H groups in total. The first-order valence-electron chi connectivity index (χ1n) is 5.41. The summed E-state index contributed by atoms with van der Waals surface area (Å²) < 4.78 is 25.3. The van der Waals surface area contributed by atoms with E-state index < -0.39 is 23.6 Å². The van der Waals surface area contributed by atoms with Crippen LogP contribution in [0.4, 0.5) is 4.79 Å². The molecule has 1 aliphatic heterocycles. The van der Waals surface area contributed by atoms with Gasteiger partial charge in [-0.15, -0.1) is 0 Å². The second-order valence-electron chi connectivity index (χ2n) is 3.65. The highest BCUT2D eigenvalue weighted by molar-refractivity contribution is 7.75. The molecular weight excluding hydrogens is 258 g/mol.